The normalized spacial score (nSPS) is 10.8. The molecular weight excluding hydrogens is 426 g/mol. The van der Waals surface area contributed by atoms with Crippen LogP contribution in [0.3, 0.4) is 0 Å². The van der Waals surface area contributed by atoms with Crippen LogP contribution in [0.4, 0.5) is 11.4 Å². The molecule has 1 N–H and O–H groups in total. The first-order valence-electron chi connectivity index (χ1n) is 9.77. The van der Waals surface area contributed by atoms with Crippen LogP contribution in [0.25, 0.3) is 0 Å². The van der Waals surface area contributed by atoms with Crippen LogP contribution in [0, 0.1) is 18.3 Å². The van der Waals surface area contributed by atoms with Crippen LogP contribution in [0.15, 0.2) is 71.6 Å². The zero-order valence-corrected chi connectivity index (χ0v) is 18.8. The summed E-state index contributed by atoms with van der Waals surface area (Å²) in [6.07, 6.45) is 0.307. The molecule has 7 nitrogen and oxygen atoms in total. The van der Waals surface area contributed by atoms with Gasteiger partial charge >= 0.3 is 0 Å². The molecule has 0 aliphatic heterocycles. The van der Waals surface area contributed by atoms with Crippen LogP contribution in [-0.4, -0.2) is 28.5 Å². The first-order chi connectivity index (χ1) is 15.3. The summed E-state index contributed by atoms with van der Waals surface area (Å²) in [5.41, 5.74) is 2.99. The summed E-state index contributed by atoms with van der Waals surface area (Å²) in [5, 5.41) is 11.5. The summed E-state index contributed by atoms with van der Waals surface area (Å²) >= 11 is 0. The third kappa shape index (κ3) is 4.90. The molecule has 0 saturated heterocycles. The lowest BCUT2D eigenvalue weighted by molar-refractivity contribution is 0.102. The van der Waals surface area contributed by atoms with Crippen molar-refractivity contribution in [1.82, 2.24) is 0 Å². The van der Waals surface area contributed by atoms with E-state index in [0.717, 1.165) is 5.56 Å². The molecule has 1 amide bonds. The zero-order valence-electron chi connectivity index (χ0n) is 18.0. The molecule has 0 unspecified atom stereocenters. The van der Waals surface area contributed by atoms with Crippen molar-refractivity contribution in [3.8, 4) is 11.8 Å². The van der Waals surface area contributed by atoms with Gasteiger partial charge in [0.25, 0.3) is 15.9 Å². The summed E-state index contributed by atoms with van der Waals surface area (Å²) in [7, 11) is -0.785. The molecule has 32 heavy (non-hydrogen) atoms. The van der Waals surface area contributed by atoms with Gasteiger partial charge < -0.3 is 10.1 Å². The van der Waals surface area contributed by atoms with Gasteiger partial charge in [-0.3, -0.25) is 9.10 Å². The summed E-state index contributed by atoms with van der Waals surface area (Å²) < 4.78 is 32.3. The standard InChI is InChI=1S/C24H23N3O4S/c1-17-16-19(24(28)26-20-7-4-18(5-8-20)14-15-25)6-13-23(17)27(2)32(29,30)22-11-9-21(31-3)10-12-22/h4-13,16H,14H2,1-3H3,(H,26,28). The number of carbonyl (C=O) groups is 1. The minimum Gasteiger partial charge on any atom is -0.497 e. The first-order valence-corrected chi connectivity index (χ1v) is 11.2. The molecule has 8 heteroatoms. The van der Waals surface area contributed by atoms with E-state index >= 15 is 0 Å². The molecule has 0 radical (unpaired) electrons. The molecule has 3 aromatic rings. The van der Waals surface area contributed by atoms with Crippen LogP contribution in [-0.2, 0) is 16.4 Å². The minimum absolute atomic E-state index is 0.141. The van der Waals surface area contributed by atoms with Crippen molar-refractivity contribution in [3.05, 3.63) is 83.4 Å². The number of rotatable bonds is 7. The van der Waals surface area contributed by atoms with E-state index in [1.165, 1.54) is 30.6 Å². The number of amides is 1. The molecule has 0 heterocycles. The highest BCUT2D eigenvalue weighted by molar-refractivity contribution is 7.92. The van der Waals surface area contributed by atoms with E-state index in [1.807, 2.05) is 0 Å². The Balaban J connectivity index is 1.78. The van der Waals surface area contributed by atoms with Gasteiger partial charge in [0.2, 0.25) is 0 Å². The summed E-state index contributed by atoms with van der Waals surface area (Å²) in [4.78, 5) is 12.8. The molecule has 0 aromatic heterocycles. The quantitative estimate of drug-likeness (QED) is 0.584. The highest BCUT2D eigenvalue weighted by Gasteiger charge is 2.23. The highest BCUT2D eigenvalue weighted by Crippen LogP contribution is 2.27. The van der Waals surface area contributed by atoms with Crippen LogP contribution in [0.2, 0.25) is 0 Å². The van der Waals surface area contributed by atoms with E-state index in [1.54, 1.807) is 61.5 Å². The second-order valence-electron chi connectivity index (χ2n) is 7.14. The van der Waals surface area contributed by atoms with Gasteiger partial charge in [-0.15, -0.1) is 0 Å². The second-order valence-corrected chi connectivity index (χ2v) is 9.10. The highest BCUT2D eigenvalue weighted by atomic mass is 32.2. The molecule has 3 rings (SSSR count). The van der Waals surface area contributed by atoms with Crippen molar-refractivity contribution in [2.45, 2.75) is 18.2 Å². The number of carbonyl (C=O) groups excluding carboxylic acids is 1. The van der Waals surface area contributed by atoms with Crippen LogP contribution in [0.1, 0.15) is 21.5 Å². The maximum Gasteiger partial charge on any atom is 0.264 e. The molecule has 0 bridgehead atoms. The van der Waals surface area contributed by atoms with Crippen molar-refractivity contribution >= 4 is 27.3 Å². The van der Waals surface area contributed by atoms with Gasteiger partial charge in [-0.1, -0.05) is 12.1 Å². The van der Waals surface area contributed by atoms with E-state index in [4.69, 9.17) is 10.00 Å². The van der Waals surface area contributed by atoms with E-state index < -0.39 is 10.0 Å². The summed E-state index contributed by atoms with van der Waals surface area (Å²) in [6.45, 7) is 1.75. The van der Waals surface area contributed by atoms with Gasteiger partial charge in [0, 0.05) is 18.3 Å². The Kier molecular flexibility index (Phi) is 6.81. The smallest absolute Gasteiger partial charge is 0.264 e. The Bertz CT molecular complexity index is 1260. The number of sulfonamides is 1. The molecule has 164 valence electrons. The van der Waals surface area contributed by atoms with E-state index in [9.17, 15) is 13.2 Å². The van der Waals surface area contributed by atoms with Gasteiger partial charge in [-0.05, 0) is 72.6 Å². The molecule has 0 spiro atoms. The average molecular weight is 450 g/mol. The van der Waals surface area contributed by atoms with Gasteiger partial charge in [-0.2, -0.15) is 5.26 Å². The number of nitrogens with zero attached hydrogens (tertiary/aromatic N) is 2. The first kappa shape index (κ1) is 22.8. The predicted octanol–water partition coefficient (Wildman–Crippen LogP) is 4.15. The minimum atomic E-state index is -3.78. The van der Waals surface area contributed by atoms with E-state index in [2.05, 4.69) is 11.4 Å². The SMILES string of the molecule is COc1ccc(S(=O)(=O)N(C)c2ccc(C(=O)Nc3ccc(CC#N)cc3)cc2C)cc1. The van der Waals surface area contributed by atoms with Crippen LogP contribution in [0.5, 0.6) is 5.75 Å². The van der Waals surface area contributed by atoms with E-state index in [-0.39, 0.29) is 10.8 Å². The Morgan fingerprint density at radius 1 is 1.06 bits per heavy atom. The van der Waals surface area contributed by atoms with E-state index in [0.29, 0.717) is 34.7 Å². The zero-order chi connectivity index (χ0) is 23.3. The Hall–Kier alpha value is -3.83. The topological polar surface area (TPSA) is 99.5 Å². The Labute approximate surface area is 187 Å². The molecule has 0 aliphatic rings. The molecule has 0 atom stereocenters. The number of hydrogen-bond donors (Lipinski definition) is 1. The summed E-state index contributed by atoms with van der Waals surface area (Å²) in [5.74, 6) is 0.256. The number of aryl methyl sites for hydroxylation is 1. The third-order valence-electron chi connectivity index (χ3n) is 5.01. The largest absolute Gasteiger partial charge is 0.497 e. The fourth-order valence-electron chi connectivity index (χ4n) is 3.19. The van der Waals surface area contributed by atoms with Crippen LogP contribution >= 0.6 is 0 Å². The molecule has 3 aromatic carbocycles. The number of ether oxygens (including phenoxy) is 1. The van der Waals surface area contributed by atoms with Crippen molar-refractivity contribution in [3.63, 3.8) is 0 Å². The van der Waals surface area contributed by atoms with Gasteiger partial charge in [-0.25, -0.2) is 8.42 Å². The van der Waals surface area contributed by atoms with Gasteiger partial charge in [0.1, 0.15) is 5.75 Å². The number of anilines is 2. The van der Waals surface area contributed by atoms with Gasteiger partial charge in [0.15, 0.2) is 0 Å². The lowest BCUT2D eigenvalue weighted by Gasteiger charge is -2.22. The number of methoxy groups -OCH3 is 1. The van der Waals surface area contributed by atoms with Gasteiger partial charge in [0.05, 0.1) is 30.2 Å². The number of nitriles is 1. The number of hydrogen-bond acceptors (Lipinski definition) is 5. The fourth-order valence-corrected chi connectivity index (χ4v) is 4.45. The summed E-state index contributed by atoms with van der Waals surface area (Å²) in [6, 6.07) is 20.1. The van der Waals surface area contributed by atoms with Crippen LogP contribution < -0.4 is 14.4 Å². The maximum atomic E-state index is 13.0. The maximum absolute atomic E-state index is 13.0. The molecule has 0 fully saturated rings. The van der Waals surface area contributed by atoms with Crippen molar-refractivity contribution in [2.75, 3.05) is 23.8 Å². The molecule has 0 saturated carbocycles. The Morgan fingerprint density at radius 2 is 1.72 bits per heavy atom. The monoisotopic (exact) mass is 449 g/mol. The lowest BCUT2D eigenvalue weighted by atomic mass is 10.1. The predicted molar refractivity (Wildman–Crippen MR) is 123 cm³/mol. The fraction of sp³-hybridized carbons (Fsp3) is 0.167. The number of nitrogens with one attached hydrogen (secondary N) is 1. The third-order valence-corrected chi connectivity index (χ3v) is 6.80. The Morgan fingerprint density at radius 3 is 2.28 bits per heavy atom. The average Bonchev–Trinajstić information content (AvgIpc) is 2.80. The molecular formula is C24H23N3O4S. The van der Waals surface area contributed by atoms with Crippen molar-refractivity contribution in [1.29, 1.82) is 5.26 Å². The second kappa shape index (κ2) is 9.54. The lowest BCUT2D eigenvalue weighted by Crippen LogP contribution is -2.27. The van der Waals surface area contributed by atoms with Crippen molar-refractivity contribution < 1.29 is 17.9 Å². The van der Waals surface area contributed by atoms with Crippen molar-refractivity contribution in [2.24, 2.45) is 0 Å². The number of benzene rings is 3. The molecule has 0 aliphatic carbocycles.